The molecule has 4 nitrogen and oxygen atoms in total. The molecule has 1 aromatic heterocycles. The summed E-state index contributed by atoms with van der Waals surface area (Å²) in [6, 6.07) is 12.8. The average Bonchev–Trinajstić information content (AvgIpc) is 3.29. The highest BCUT2D eigenvalue weighted by Crippen LogP contribution is 2.31. The van der Waals surface area contributed by atoms with E-state index >= 15 is 0 Å². The lowest BCUT2D eigenvalue weighted by atomic mass is 10.1. The number of amides is 1. The fraction of sp³-hybridized carbons (Fsp3) is 0.333. The first-order chi connectivity index (χ1) is 13.1. The van der Waals surface area contributed by atoms with E-state index in [-0.39, 0.29) is 24.2 Å². The van der Waals surface area contributed by atoms with Crippen LogP contribution < -0.4 is 4.90 Å². The minimum Gasteiger partial charge on any atom is -0.376 e. The van der Waals surface area contributed by atoms with Gasteiger partial charge in [-0.25, -0.2) is 9.37 Å². The van der Waals surface area contributed by atoms with Crippen molar-refractivity contribution in [1.29, 1.82) is 0 Å². The van der Waals surface area contributed by atoms with Crippen molar-refractivity contribution in [3.05, 3.63) is 59.4 Å². The van der Waals surface area contributed by atoms with Gasteiger partial charge in [-0.1, -0.05) is 47.2 Å². The number of carbonyl (C=O) groups excluding carboxylic acids is 1. The predicted molar refractivity (Wildman–Crippen MR) is 106 cm³/mol. The summed E-state index contributed by atoms with van der Waals surface area (Å²) in [7, 11) is 0. The number of para-hydroxylation sites is 1. The van der Waals surface area contributed by atoms with Crippen LogP contribution in [-0.4, -0.2) is 30.1 Å². The quantitative estimate of drug-likeness (QED) is 0.650. The molecule has 3 aromatic rings. The lowest BCUT2D eigenvalue weighted by molar-refractivity contribution is -0.118. The van der Waals surface area contributed by atoms with Gasteiger partial charge in [-0.05, 0) is 37.5 Å². The Labute approximate surface area is 161 Å². The molecule has 27 heavy (non-hydrogen) atoms. The van der Waals surface area contributed by atoms with E-state index < -0.39 is 0 Å². The largest absolute Gasteiger partial charge is 0.376 e. The molecule has 6 heteroatoms. The number of nitrogens with zero attached hydrogens (tertiary/aromatic N) is 2. The molecule has 1 unspecified atom stereocenters. The molecule has 140 valence electrons. The highest BCUT2D eigenvalue weighted by Gasteiger charge is 2.26. The highest BCUT2D eigenvalue weighted by molar-refractivity contribution is 7.22. The second-order valence-corrected chi connectivity index (χ2v) is 7.90. The van der Waals surface area contributed by atoms with E-state index in [2.05, 4.69) is 4.98 Å². The number of ether oxygens (including phenoxy) is 1. The van der Waals surface area contributed by atoms with Crippen molar-refractivity contribution in [3.63, 3.8) is 0 Å². The number of benzene rings is 2. The third kappa shape index (κ3) is 4.01. The molecule has 0 radical (unpaired) electrons. The van der Waals surface area contributed by atoms with Crippen LogP contribution in [0.5, 0.6) is 0 Å². The molecule has 0 spiro atoms. The molecule has 0 aliphatic carbocycles. The maximum absolute atomic E-state index is 14.1. The fourth-order valence-electron chi connectivity index (χ4n) is 3.39. The summed E-state index contributed by atoms with van der Waals surface area (Å²) in [5, 5.41) is 0.531. The lowest BCUT2D eigenvalue weighted by Gasteiger charge is -2.23. The summed E-state index contributed by atoms with van der Waals surface area (Å²) >= 11 is 1.34. The van der Waals surface area contributed by atoms with Gasteiger partial charge in [0.25, 0.3) is 0 Å². The van der Waals surface area contributed by atoms with Gasteiger partial charge in [0.1, 0.15) is 11.3 Å². The smallest absolute Gasteiger partial charge is 0.233 e. The predicted octanol–water partition coefficient (Wildman–Crippen LogP) is 4.50. The van der Waals surface area contributed by atoms with Crippen LogP contribution in [0.1, 0.15) is 24.0 Å². The average molecular weight is 384 g/mol. The normalized spacial score (nSPS) is 16.7. The van der Waals surface area contributed by atoms with Gasteiger partial charge in [0.05, 0.1) is 23.8 Å². The van der Waals surface area contributed by atoms with Crippen LogP contribution in [0, 0.1) is 12.7 Å². The lowest BCUT2D eigenvalue weighted by Crippen LogP contribution is -2.38. The van der Waals surface area contributed by atoms with Gasteiger partial charge in [0, 0.05) is 6.61 Å². The molecule has 1 amide bonds. The maximum atomic E-state index is 14.1. The van der Waals surface area contributed by atoms with Gasteiger partial charge in [0.15, 0.2) is 5.13 Å². The Morgan fingerprint density at radius 2 is 2.19 bits per heavy atom. The molecule has 2 aromatic carbocycles. The van der Waals surface area contributed by atoms with Crippen molar-refractivity contribution in [1.82, 2.24) is 4.98 Å². The number of hydrogen-bond acceptors (Lipinski definition) is 4. The molecule has 1 aliphatic heterocycles. The molecule has 0 N–H and O–H groups in total. The van der Waals surface area contributed by atoms with Crippen molar-refractivity contribution in [2.45, 2.75) is 32.3 Å². The van der Waals surface area contributed by atoms with Gasteiger partial charge in [-0.3, -0.25) is 9.69 Å². The molecule has 1 atom stereocenters. The number of halogens is 1. The number of fused-ring (bicyclic) bond motifs is 1. The number of anilines is 1. The van der Waals surface area contributed by atoms with Gasteiger partial charge in [-0.15, -0.1) is 0 Å². The van der Waals surface area contributed by atoms with Crippen LogP contribution in [0.4, 0.5) is 9.52 Å². The van der Waals surface area contributed by atoms with Gasteiger partial charge >= 0.3 is 0 Å². The van der Waals surface area contributed by atoms with Crippen LogP contribution in [0.3, 0.4) is 0 Å². The van der Waals surface area contributed by atoms with E-state index in [4.69, 9.17) is 4.74 Å². The third-order valence-corrected chi connectivity index (χ3v) is 5.78. The molecule has 4 rings (SSSR count). The number of hydrogen-bond donors (Lipinski definition) is 0. The van der Waals surface area contributed by atoms with E-state index in [1.165, 1.54) is 17.4 Å². The number of aryl methyl sites for hydroxylation is 1. The minimum atomic E-state index is -0.363. The van der Waals surface area contributed by atoms with Crippen molar-refractivity contribution >= 4 is 32.6 Å². The van der Waals surface area contributed by atoms with Crippen LogP contribution in [-0.2, 0) is 16.0 Å². The Morgan fingerprint density at radius 1 is 1.33 bits per heavy atom. The van der Waals surface area contributed by atoms with E-state index in [0.717, 1.165) is 35.3 Å². The second kappa shape index (κ2) is 7.74. The van der Waals surface area contributed by atoms with Crippen LogP contribution >= 0.6 is 11.3 Å². The SMILES string of the molecule is Cc1cccc(CC(=O)N(CC2CCCO2)c2nc3c(F)cccc3s2)c1. The van der Waals surface area contributed by atoms with Crippen LogP contribution in [0.2, 0.25) is 0 Å². The van der Waals surface area contributed by atoms with Crippen molar-refractivity contribution in [3.8, 4) is 0 Å². The monoisotopic (exact) mass is 384 g/mol. The zero-order chi connectivity index (χ0) is 18.8. The fourth-order valence-corrected chi connectivity index (χ4v) is 4.40. The van der Waals surface area contributed by atoms with E-state index in [1.54, 1.807) is 11.0 Å². The molecule has 0 saturated carbocycles. The van der Waals surface area contributed by atoms with Gasteiger partial charge in [0.2, 0.25) is 5.91 Å². The standard InChI is InChI=1S/C21H21FN2O2S/c1-14-5-2-6-15(11-14)12-19(25)24(13-16-7-4-10-26-16)21-23-20-17(22)8-3-9-18(20)27-21/h2-3,5-6,8-9,11,16H,4,7,10,12-13H2,1H3. The Balaban J connectivity index is 1.64. The van der Waals surface area contributed by atoms with Gasteiger partial charge in [-0.2, -0.15) is 0 Å². The zero-order valence-electron chi connectivity index (χ0n) is 15.2. The van der Waals surface area contributed by atoms with Crippen molar-refractivity contribution < 1.29 is 13.9 Å². The molecule has 0 bridgehead atoms. The zero-order valence-corrected chi connectivity index (χ0v) is 16.0. The molecular weight excluding hydrogens is 363 g/mol. The number of rotatable bonds is 5. The van der Waals surface area contributed by atoms with Gasteiger partial charge < -0.3 is 4.74 Å². The third-order valence-electron chi connectivity index (χ3n) is 4.74. The van der Waals surface area contributed by atoms with Crippen LogP contribution in [0.15, 0.2) is 42.5 Å². The summed E-state index contributed by atoms with van der Waals surface area (Å²) in [6.45, 7) is 3.18. The topological polar surface area (TPSA) is 42.4 Å². The second-order valence-electron chi connectivity index (χ2n) is 6.89. The van der Waals surface area contributed by atoms with Crippen LogP contribution in [0.25, 0.3) is 10.2 Å². The van der Waals surface area contributed by atoms with E-state index in [0.29, 0.717) is 17.2 Å². The number of carbonyl (C=O) groups is 1. The Kier molecular flexibility index (Phi) is 5.18. The molecule has 2 heterocycles. The molecule has 1 saturated heterocycles. The minimum absolute atomic E-state index is 0.00307. The Bertz CT molecular complexity index is 966. The summed E-state index contributed by atoms with van der Waals surface area (Å²) in [4.78, 5) is 19.2. The Hall–Kier alpha value is -2.31. The summed E-state index contributed by atoms with van der Waals surface area (Å²) < 4.78 is 20.5. The molecule has 1 fully saturated rings. The van der Waals surface area contributed by atoms with E-state index in [1.807, 2.05) is 37.3 Å². The first-order valence-corrected chi connectivity index (χ1v) is 9.94. The summed E-state index contributed by atoms with van der Waals surface area (Å²) in [5.74, 6) is -0.409. The molecule has 1 aliphatic rings. The number of aromatic nitrogens is 1. The highest BCUT2D eigenvalue weighted by atomic mass is 32.1. The summed E-state index contributed by atoms with van der Waals surface area (Å²) in [5.41, 5.74) is 2.40. The maximum Gasteiger partial charge on any atom is 0.233 e. The first kappa shape index (κ1) is 18.1. The number of thiazole rings is 1. The van der Waals surface area contributed by atoms with Crippen molar-refractivity contribution in [2.75, 3.05) is 18.1 Å². The first-order valence-electron chi connectivity index (χ1n) is 9.13. The Morgan fingerprint density at radius 3 is 2.93 bits per heavy atom. The van der Waals surface area contributed by atoms with E-state index in [9.17, 15) is 9.18 Å². The van der Waals surface area contributed by atoms with Crippen molar-refractivity contribution in [2.24, 2.45) is 0 Å². The molecular formula is C21H21FN2O2S. The summed E-state index contributed by atoms with van der Waals surface area (Å²) in [6.07, 6.45) is 2.21.